The molecule has 1 aliphatic rings. The van der Waals surface area contributed by atoms with E-state index >= 15 is 0 Å². The van der Waals surface area contributed by atoms with Crippen LogP contribution >= 0.6 is 0 Å². The van der Waals surface area contributed by atoms with Gasteiger partial charge in [0, 0.05) is 6.42 Å². The fourth-order valence-electron chi connectivity index (χ4n) is 1.64. The van der Waals surface area contributed by atoms with Crippen molar-refractivity contribution in [2.45, 2.75) is 26.7 Å². The minimum absolute atomic E-state index is 0.0370. The average Bonchev–Trinajstić information content (AvgIpc) is 2.11. The Kier molecular flexibility index (Phi) is 1.88. The highest BCUT2D eigenvalue weighted by molar-refractivity contribution is 6.02. The molecule has 56 valence electrons. The lowest BCUT2D eigenvalue weighted by atomic mass is 9.94. The van der Waals surface area contributed by atoms with Gasteiger partial charge in [-0.15, -0.1) is 0 Å². The van der Waals surface area contributed by atoms with Gasteiger partial charge in [0.1, 0.15) is 11.6 Å². The highest BCUT2D eigenvalue weighted by Crippen LogP contribution is 2.28. The lowest BCUT2D eigenvalue weighted by molar-refractivity contribution is -0.130. The summed E-state index contributed by atoms with van der Waals surface area (Å²) in [5.74, 6) is 0.181. The first-order chi connectivity index (χ1) is 4.63. The maximum Gasteiger partial charge on any atom is 0.143 e. The molecule has 0 N–H and O–H groups in total. The van der Waals surface area contributed by atoms with Crippen molar-refractivity contribution in [2.75, 3.05) is 0 Å². The zero-order chi connectivity index (χ0) is 7.72. The number of Topliss-reactive ketones (excluding diaryl/α,β-unsaturated/α-hetero) is 2. The third-order valence-corrected chi connectivity index (χ3v) is 2.20. The molecule has 0 spiro atoms. The smallest absolute Gasteiger partial charge is 0.143 e. The van der Waals surface area contributed by atoms with Gasteiger partial charge in [0.15, 0.2) is 0 Å². The summed E-state index contributed by atoms with van der Waals surface area (Å²) in [7, 11) is 0. The maximum atomic E-state index is 11.0. The van der Waals surface area contributed by atoms with E-state index in [-0.39, 0.29) is 23.4 Å². The summed E-state index contributed by atoms with van der Waals surface area (Å²) in [4.78, 5) is 21.9. The lowest BCUT2D eigenvalue weighted by Gasteiger charge is -2.07. The van der Waals surface area contributed by atoms with Gasteiger partial charge in [-0.3, -0.25) is 9.59 Å². The summed E-state index contributed by atoms with van der Waals surface area (Å²) in [5.41, 5.74) is 0. The van der Waals surface area contributed by atoms with Crippen molar-refractivity contribution in [2.24, 2.45) is 11.8 Å². The number of carbonyl (C=O) groups excluding carboxylic acids is 2. The van der Waals surface area contributed by atoms with Crippen LogP contribution in [-0.4, -0.2) is 11.6 Å². The van der Waals surface area contributed by atoms with Gasteiger partial charge in [0.05, 0.1) is 5.92 Å². The molecule has 1 rings (SSSR count). The van der Waals surface area contributed by atoms with E-state index in [2.05, 4.69) is 0 Å². The number of carbonyl (C=O) groups is 2. The van der Waals surface area contributed by atoms with Gasteiger partial charge in [-0.05, 0) is 19.3 Å². The molecule has 0 aromatic heterocycles. The zero-order valence-corrected chi connectivity index (χ0v) is 6.39. The summed E-state index contributed by atoms with van der Waals surface area (Å²) in [5, 5.41) is 0. The van der Waals surface area contributed by atoms with Crippen molar-refractivity contribution in [3.8, 4) is 0 Å². The van der Waals surface area contributed by atoms with E-state index in [0.717, 1.165) is 6.42 Å². The van der Waals surface area contributed by atoms with Crippen molar-refractivity contribution in [3.05, 3.63) is 0 Å². The van der Waals surface area contributed by atoms with Crippen LogP contribution < -0.4 is 0 Å². The molecule has 1 saturated carbocycles. The topological polar surface area (TPSA) is 34.1 Å². The zero-order valence-electron chi connectivity index (χ0n) is 6.39. The first-order valence-corrected chi connectivity index (χ1v) is 3.66. The molecule has 0 aromatic carbocycles. The summed E-state index contributed by atoms with van der Waals surface area (Å²) in [6.45, 7) is 3.47. The molecule has 1 aliphatic carbocycles. The fourth-order valence-corrected chi connectivity index (χ4v) is 1.64. The molecule has 2 unspecified atom stereocenters. The van der Waals surface area contributed by atoms with Gasteiger partial charge < -0.3 is 0 Å². The second-order valence-corrected chi connectivity index (χ2v) is 3.07. The Labute approximate surface area is 60.6 Å². The van der Waals surface area contributed by atoms with E-state index in [1.807, 2.05) is 6.92 Å². The summed E-state index contributed by atoms with van der Waals surface area (Å²) in [6, 6.07) is 0. The van der Waals surface area contributed by atoms with Crippen LogP contribution in [0.1, 0.15) is 26.7 Å². The normalized spacial score (nSPS) is 32.8. The molecule has 0 heterocycles. The highest BCUT2D eigenvalue weighted by Gasteiger charge is 2.34. The summed E-state index contributed by atoms with van der Waals surface area (Å²) in [6.07, 6.45) is 1.49. The van der Waals surface area contributed by atoms with E-state index in [9.17, 15) is 9.59 Å². The lowest BCUT2D eigenvalue weighted by Crippen LogP contribution is -2.20. The SMILES string of the molecule is CC(=O)C1C(=O)CCC1C. The number of hydrogen-bond acceptors (Lipinski definition) is 2. The average molecular weight is 140 g/mol. The number of hydrogen-bond donors (Lipinski definition) is 0. The van der Waals surface area contributed by atoms with Crippen molar-refractivity contribution in [3.63, 3.8) is 0 Å². The summed E-state index contributed by atoms with van der Waals surface area (Å²) < 4.78 is 0. The van der Waals surface area contributed by atoms with Crippen LogP contribution in [0.5, 0.6) is 0 Å². The Hall–Kier alpha value is -0.660. The minimum Gasteiger partial charge on any atom is -0.299 e. The van der Waals surface area contributed by atoms with Crippen molar-refractivity contribution < 1.29 is 9.59 Å². The molecule has 2 nitrogen and oxygen atoms in total. The van der Waals surface area contributed by atoms with E-state index < -0.39 is 0 Å². The second-order valence-electron chi connectivity index (χ2n) is 3.07. The van der Waals surface area contributed by atoms with E-state index in [1.54, 1.807) is 0 Å². The van der Waals surface area contributed by atoms with E-state index in [0.29, 0.717) is 6.42 Å². The second kappa shape index (κ2) is 2.52. The maximum absolute atomic E-state index is 11.0. The van der Waals surface area contributed by atoms with E-state index in [1.165, 1.54) is 6.92 Å². The Morgan fingerprint density at radius 1 is 1.60 bits per heavy atom. The van der Waals surface area contributed by atoms with Gasteiger partial charge in [0.25, 0.3) is 0 Å². The highest BCUT2D eigenvalue weighted by atomic mass is 16.1. The molecule has 2 heteroatoms. The van der Waals surface area contributed by atoms with Crippen LogP contribution in [0.15, 0.2) is 0 Å². The molecular formula is C8H12O2. The van der Waals surface area contributed by atoms with Crippen molar-refractivity contribution in [1.29, 1.82) is 0 Å². The quantitative estimate of drug-likeness (QED) is 0.513. The molecule has 0 radical (unpaired) electrons. The predicted molar refractivity (Wildman–Crippen MR) is 37.6 cm³/mol. The molecule has 0 aromatic rings. The van der Waals surface area contributed by atoms with Crippen molar-refractivity contribution >= 4 is 11.6 Å². The van der Waals surface area contributed by atoms with Gasteiger partial charge in [-0.1, -0.05) is 6.92 Å². The Morgan fingerprint density at radius 2 is 2.20 bits per heavy atom. The molecule has 0 amide bonds. The molecule has 2 atom stereocenters. The van der Waals surface area contributed by atoms with Crippen LogP contribution in [0.2, 0.25) is 0 Å². The standard InChI is InChI=1S/C8H12O2/c1-5-3-4-7(10)8(5)6(2)9/h5,8H,3-4H2,1-2H3. The molecular weight excluding hydrogens is 128 g/mol. The largest absolute Gasteiger partial charge is 0.299 e. The fraction of sp³-hybridized carbons (Fsp3) is 0.750. The monoisotopic (exact) mass is 140 g/mol. The van der Waals surface area contributed by atoms with Crippen LogP contribution in [0, 0.1) is 11.8 Å². The predicted octanol–water partition coefficient (Wildman–Crippen LogP) is 1.19. The van der Waals surface area contributed by atoms with Gasteiger partial charge in [-0.2, -0.15) is 0 Å². The Bertz CT molecular complexity index is 172. The summed E-state index contributed by atoms with van der Waals surface area (Å²) >= 11 is 0. The Morgan fingerprint density at radius 3 is 2.40 bits per heavy atom. The van der Waals surface area contributed by atoms with Crippen LogP contribution in [0.25, 0.3) is 0 Å². The number of ketones is 2. The molecule has 1 fully saturated rings. The molecule has 0 bridgehead atoms. The minimum atomic E-state index is -0.278. The van der Waals surface area contributed by atoms with E-state index in [4.69, 9.17) is 0 Å². The van der Waals surface area contributed by atoms with Crippen LogP contribution in [-0.2, 0) is 9.59 Å². The third-order valence-electron chi connectivity index (χ3n) is 2.20. The van der Waals surface area contributed by atoms with Crippen LogP contribution in [0.4, 0.5) is 0 Å². The third kappa shape index (κ3) is 1.11. The van der Waals surface area contributed by atoms with Gasteiger partial charge in [0.2, 0.25) is 0 Å². The molecule has 10 heavy (non-hydrogen) atoms. The first-order valence-electron chi connectivity index (χ1n) is 3.66. The Balaban J connectivity index is 2.72. The number of rotatable bonds is 1. The van der Waals surface area contributed by atoms with Gasteiger partial charge in [-0.25, -0.2) is 0 Å². The molecule has 0 aliphatic heterocycles. The first kappa shape index (κ1) is 7.45. The van der Waals surface area contributed by atoms with Crippen LogP contribution in [0.3, 0.4) is 0 Å². The van der Waals surface area contributed by atoms with Crippen molar-refractivity contribution in [1.82, 2.24) is 0 Å². The molecule has 0 saturated heterocycles. The van der Waals surface area contributed by atoms with Gasteiger partial charge >= 0.3 is 0 Å².